The molecule has 3 saturated heterocycles. The van der Waals surface area contributed by atoms with Gasteiger partial charge in [0.15, 0.2) is 0 Å². The number of alkyl halides is 3. The van der Waals surface area contributed by atoms with Gasteiger partial charge in [0.05, 0.1) is 23.3 Å². The fraction of sp³-hybridized carbons (Fsp3) is 0.474. The fourth-order valence-corrected chi connectivity index (χ4v) is 14.5. The average Bonchev–Trinajstić information content (AvgIpc) is 3.59. The molecule has 7 atom stereocenters. The highest BCUT2D eigenvalue weighted by Crippen LogP contribution is 2.65. The minimum Gasteiger partial charge on any atom is -0.487 e. The number of halogens is 5. The van der Waals surface area contributed by atoms with Crippen molar-refractivity contribution in [1.82, 2.24) is 25.4 Å². The van der Waals surface area contributed by atoms with Gasteiger partial charge >= 0.3 is 6.18 Å². The van der Waals surface area contributed by atoms with Gasteiger partial charge in [-0.05, 0) is 116 Å². The summed E-state index contributed by atoms with van der Waals surface area (Å²) in [5.74, 6) is 4.04. The molecule has 4 aromatic rings. The molecule has 0 radical (unpaired) electrons. The number of benzene rings is 3. The van der Waals surface area contributed by atoms with Gasteiger partial charge in [0.1, 0.15) is 29.4 Å². The number of piperidine rings is 2. The number of pyridine rings is 1. The third-order valence-corrected chi connectivity index (χ3v) is 18.2. The molecule has 0 unspecified atom stereocenters. The zero-order chi connectivity index (χ0) is 52.6. The standard InChI is InChI=1S/C57H56ClF4N7O6/c1-31-27-68(52(74)48-46(36-9-5-10-39(58)47(36)59)56(55(66-48)18-6-17-53(2,3)29-55)30-64-40-24-44(57(60,61)62)63-26-38(40)56)41-14-12-33(23-43(41)75-31)50(72)67-21-19-54(20-22-67)25-34(54)13-11-32-7-4-8-35-37(32)28-69(51(35)73)42-15-16-45(70)65-49(42)71/h4-5,7-10,12,14,23-24,26,31,34,42,46,48,64,66H,6,15-22,25,27-30H2,1-3H3,(H,65,70,71)/t31-,34-,42-,46-,48+,55-,56+/m0/s1. The van der Waals surface area contributed by atoms with E-state index >= 15 is 9.18 Å². The van der Waals surface area contributed by atoms with Crippen LogP contribution in [0.25, 0.3) is 0 Å². The number of nitrogens with zero attached hydrogens (tertiary/aromatic N) is 4. The number of nitrogens with one attached hydrogen (secondary N) is 3. The quantitative estimate of drug-likeness (QED) is 0.104. The molecule has 3 aromatic carbocycles. The number of hydrogen-bond donors (Lipinski definition) is 3. The minimum atomic E-state index is -4.70. The van der Waals surface area contributed by atoms with Crippen molar-refractivity contribution < 1.29 is 46.3 Å². The second kappa shape index (κ2) is 17.5. The monoisotopic (exact) mass is 1050 g/mol. The molecule has 3 spiro atoms. The Morgan fingerprint density at radius 3 is 2.53 bits per heavy atom. The zero-order valence-corrected chi connectivity index (χ0v) is 42.5. The highest BCUT2D eigenvalue weighted by molar-refractivity contribution is 6.30. The number of amides is 5. The molecule has 13 nitrogen and oxygen atoms in total. The Kier molecular flexibility index (Phi) is 11.5. The SMILES string of the molecule is C[C@H]1CN(C(=O)[C@@H]2N[C@]3(CCCC(C)(C)C3)[C@@]3(CNc4cc(C(F)(F)F)ncc43)[C@H]2c2cccc(Cl)c2F)c2ccc(C(=O)N3CCC4(CC3)C[C@@H]4C#Cc3cccc4c3CN([C@H]3CCC(=O)NC3=O)C4=O)cc2O1. The van der Waals surface area contributed by atoms with Crippen LogP contribution in [0.2, 0.25) is 5.02 Å². The van der Waals surface area contributed by atoms with Gasteiger partial charge < -0.3 is 24.8 Å². The van der Waals surface area contributed by atoms with Crippen molar-refractivity contribution in [2.75, 3.05) is 36.4 Å². The summed E-state index contributed by atoms with van der Waals surface area (Å²) in [6, 6.07) is 14.4. The molecule has 390 valence electrons. The lowest BCUT2D eigenvalue weighted by atomic mass is 9.53. The van der Waals surface area contributed by atoms with Crippen LogP contribution in [0.3, 0.4) is 0 Å². The molecule has 18 heteroatoms. The van der Waals surface area contributed by atoms with Crippen LogP contribution >= 0.6 is 11.6 Å². The molecule has 8 aliphatic rings. The Morgan fingerprint density at radius 1 is 0.987 bits per heavy atom. The predicted molar refractivity (Wildman–Crippen MR) is 269 cm³/mol. The molecule has 2 saturated carbocycles. The molecule has 0 bridgehead atoms. The molecule has 7 heterocycles. The number of carbonyl (C=O) groups excluding carboxylic acids is 5. The molecular weight excluding hydrogens is 990 g/mol. The minimum absolute atomic E-state index is 0.0323. The van der Waals surface area contributed by atoms with Gasteiger partial charge in [-0.3, -0.25) is 39.6 Å². The molecule has 5 fully saturated rings. The summed E-state index contributed by atoms with van der Waals surface area (Å²) < 4.78 is 65.6. The lowest BCUT2D eigenvalue weighted by molar-refractivity contribution is -0.141. The van der Waals surface area contributed by atoms with E-state index in [-0.39, 0.29) is 89.1 Å². The van der Waals surface area contributed by atoms with Crippen molar-refractivity contribution >= 4 is 52.5 Å². The Morgan fingerprint density at radius 2 is 1.77 bits per heavy atom. The van der Waals surface area contributed by atoms with Gasteiger partial charge in [-0.2, -0.15) is 13.2 Å². The van der Waals surface area contributed by atoms with Crippen molar-refractivity contribution in [3.8, 4) is 17.6 Å². The number of imide groups is 1. The molecule has 2 aliphatic carbocycles. The summed E-state index contributed by atoms with van der Waals surface area (Å²) >= 11 is 6.52. The number of anilines is 2. The maximum atomic E-state index is 16.8. The molecule has 75 heavy (non-hydrogen) atoms. The normalized spacial score (nSPS) is 29.0. The molecule has 3 N–H and O–H groups in total. The Hall–Kier alpha value is -6.51. The maximum Gasteiger partial charge on any atom is 0.433 e. The fourth-order valence-electron chi connectivity index (χ4n) is 14.3. The molecular formula is C57H56ClF4N7O6. The lowest BCUT2D eigenvalue weighted by Gasteiger charge is -2.52. The first-order valence-electron chi connectivity index (χ1n) is 25.9. The summed E-state index contributed by atoms with van der Waals surface area (Å²) in [4.78, 5) is 76.7. The number of carbonyl (C=O) groups is 5. The van der Waals surface area contributed by atoms with Crippen LogP contribution in [0.1, 0.15) is 133 Å². The van der Waals surface area contributed by atoms with E-state index in [9.17, 15) is 32.3 Å². The van der Waals surface area contributed by atoms with E-state index in [1.165, 1.54) is 17.2 Å². The van der Waals surface area contributed by atoms with E-state index in [1.807, 2.05) is 17.9 Å². The Balaban J connectivity index is 0.789. The average molecular weight is 1050 g/mol. The molecule has 6 aliphatic heterocycles. The van der Waals surface area contributed by atoms with Crippen molar-refractivity contribution in [2.24, 2.45) is 16.7 Å². The first kappa shape index (κ1) is 49.4. The van der Waals surface area contributed by atoms with Gasteiger partial charge in [0, 0.05) is 89.5 Å². The number of rotatable bonds is 4. The van der Waals surface area contributed by atoms with Gasteiger partial charge in [-0.1, -0.05) is 61.9 Å². The second-order valence-electron chi connectivity index (χ2n) is 22.9. The number of ether oxygens (including phenoxy) is 1. The summed E-state index contributed by atoms with van der Waals surface area (Å²) in [6.07, 6.45) is 1.68. The summed E-state index contributed by atoms with van der Waals surface area (Å²) in [5.41, 5.74) is 0.417. The van der Waals surface area contributed by atoms with Crippen molar-refractivity contribution in [3.05, 3.63) is 117 Å². The summed E-state index contributed by atoms with van der Waals surface area (Å²) in [7, 11) is 0. The van der Waals surface area contributed by atoms with Crippen LogP contribution in [-0.4, -0.2) is 94.2 Å². The lowest BCUT2D eigenvalue weighted by Crippen LogP contribution is -2.61. The van der Waals surface area contributed by atoms with Crippen LogP contribution in [0.5, 0.6) is 5.75 Å². The van der Waals surface area contributed by atoms with Crippen molar-refractivity contribution in [1.29, 1.82) is 0 Å². The Bertz CT molecular complexity index is 3200. The first-order valence-corrected chi connectivity index (χ1v) is 26.3. The van der Waals surface area contributed by atoms with Crippen molar-refractivity contribution in [2.45, 2.75) is 126 Å². The maximum absolute atomic E-state index is 16.8. The number of aromatic nitrogens is 1. The van der Waals surface area contributed by atoms with Gasteiger partial charge in [0.2, 0.25) is 17.7 Å². The largest absolute Gasteiger partial charge is 0.487 e. The van der Waals surface area contributed by atoms with Crippen LogP contribution in [0.4, 0.5) is 28.9 Å². The molecule has 5 amide bonds. The molecule has 12 rings (SSSR count). The Labute approximate surface area is 436 Å². The van der Waals surface area contributed by atoms with E-state index in [0.29, 0.717) is 54.1 Å². The van der Waals surface area contributed by atoms with Crippen LogP contribution in [0, 0.1) is 34.4 Å². The third kappa shape index (κ3) is 7.98. The summed E-state index contributed by atoms with van der Waals surface area (Å²) in [5, 5.41) is 9.30. The van der Waals surface area contributed by atoms with Crippen LogP contribution in [-0.2, 0) is 32.5 Å². The van der Waals surface area contributed by atoms with Gasteiger partial charge in [-0.15, -0.1) is 0 Å². The predicted octanol–water partition coefficient (Wildman–Crippen LogP) is 8.52. The third-order valence-electron chi connectivity index (χ3n) is 17.9. The topological polar surface area (TPSA) is 153 Å². The number of hydrogen-bond acceptors (Lipinski definition) is 9. The highest BCUT2D eigenvalue weighted by atomic mass is 35.5. The highest BCUT2D eigenvalue weighted by Gasteiger charge is 2.70. The number of likely N-dealkylation sites (tertiary alicyclic amines) is 1. The zero-order valence-electron chi connectivity index (χ0n) is 41.8. The van der Waals surface area contributed by atoms with E-state index in [2.05, 4.69) is 46.6 Å². The van der Waals surface area contributed by atoms with E-state index in [4.69, 9.17) is 16.3 Å². The number of fused-ring (bicyclic) bond motifs is 5. The van der Waals surface area contributed by atoms with Crippen molar-refractivity contribution in [3.63, 3.8) is 0 Å². The summed E-state index contributed by atoms with van der Waals surface area (Å²) in [6.45, 7) is 7.67. The van der Waals surface area contributed by atoms with Gasteiger partial charge in [-0.25, -0.2) is 4.39 Å². The van der Waals surface area contributed by atoms with Crippen LogP contribution in [0.15, 0.2) is 66.9 Å². The smallest absolute Gasteiger partial charge is 0.433 e. The molecule has 1 aromatic heterocycles. The van der Waals surface area contributed by atoms with E-state index in [1.54, 1.807) is 47.4 Å². The second-order valence-corrected chi connectivity index (χ2v) is 23.3. The van der Waals surface area contributed by atoms with Gasteiger partial charge in [0.25, 0.3) is 11.8 Å². The van der Waals surface area contributed by atoms with Crippen LogP contribution < -0.4 is 25.6 Å². The first-order chi connectivity index (χ1) is 35.7. The van der Waals surface area contributed by atoms with E-state index in [0.717, 1.165) is 49.3 Å². The van der Waals surface area contributed by atoms with E-state index < -0.39 is 58.7 Å².